The number of benzene rings is 1. The predicted octanol–water partition coefficient (Wildman–Crippen LogP) is 5.62. The molecule has 0 spiro atoms. The fraction of sp³-hybridized carbons (Fsp3) is 0.667. The summed E-state index contributed by atoms with van der Waals surface area (Å²) < 4.78 is 12.2. The maximum atomic E-state index is 6.09. The molecule has 1 aliphatic rings. The molecule has 0 aliphatic carbocycles. The van der Waals surface area contributed by atoms with Crippen LogP contribution in [0.1, 0.15) is 59.3 Å². The van der Waals surface area contributed by atoms with Crippen molar-refractivity contribution < 1.29 is 9.47 Å². The van der Waals surface area contributed by atoms with E-state index < -0.39 is 5.79 Å². The van der Waals surface area contributed by atoms with E-state index in [0.29, 0.717) is 6.10 Å². The van der Waals surface area contributed by atoms with Gasteiger partial charge in [0.05, 0.1) is 6.10 Å². The molecule has 21 heavy (non-hydrogen) atoms. The molecule has 1 aromatic rings. The molecule has 0 amide bonds. The van der Waals surface area contributed by atoms with Gasteiger partial charge in [-0.25, -0.2) is 0 Å². The first-order valence-electron chi connectivity index (χ1n) is 8.16. The van der Waals surface area contributed by atoms with Crippen LogP contribution in [0.4, 0.5) is 0 Å². The topological polar surface area (TPSA) is 18.5 Å². The Balaban J connectivity index is 1.86. The van der Waals surface area contributed by atoms with E-state index in [1.54, 1.807) is 0 Å². The quantitative estimate of drug-likeness (QED) is 0.609. The lowest BCUT2D eigenvalue weighted by Gasteiger charge is -2.40. The van der Waals surface area contributed by atoms with Crippen LogP contribution in [-0.4, -0.2) is 17.3 Å². The standard InChI is InChI=1S/C18H28O2S/c1-4-5-6-8-11-15-14-17(20-18(2,3)19-15)21-16-12-9-7-10-13-16/h7,9-10,12-13,15,17H,4-6,8,11,14H2,1-3H3. The van der Waals surface area contributed by atoms with Crippen molar-refractivity contribution in [3.8, 4) is 0 Å². The molecule has 0 aromatic heterocycles. The number of thioether (sulfide) groups is 1. The summed E-state index contributed by atoms with van der Waals surface area (Å²) in [6.07, 6.45) is 7.65. The van der Waals surface area contributed by atoms with Crippen molar-refractivity contribution in [2.75, 3.05) is 0 Å². The van der Waals surface area contributed by atoms with Crippen molar-refractivity contribution in [2.24, 2.45) is 0 Å². The van der Waals surface area contributed by atoms with Crippen molar-refractivity contribution in [3.05, 3.63) is 30.3 Å². The van der Waals surface area contributed by atoms with Crippen LogP contribution in [0.2, 0.25) is 0 Å². The maximum absolute atomic E-state index is 6.09. The molecule has 2 unspecified atom stereocenters. The molecule has 2 nitrogen and oxygen atoms in total. The van der Waals surface area contributed by atoms with Crippen LogP contribution in [0.3, 0.4) is 0 Å². The highest BCUT2D eigenvalue weighted by Crippen LogP contribution is 2.37. The minimum atomic E-state index is -0.472. The van der Waals surface area contributed by atoms with Gasteiger partial charge in [-0.3, -0.25) is 0 Å². The summed E-state index contributed by atoms with van der Waals surface area (Å²) in [4.78, 5) is 1.27. The smallest absolute Gasteiger partial charge is 0.164 e. The van der Waals surface area contributed by atoms with Crippen LogP contribution in [0.25, 0.3) is 0 Å². The highest BCUT2D eigenvalue weighted by molar-refractivity contribution is 7.99. The first-order valence-corrected chi connectivity index (χ1v) is 9.04. The second-order valence-corrected chi connectivity index (χ2v) is 7.44. The summed E-state index contributed by atoms with van der Waals surface area (Å²) in [5.41, 5.74) is 0.187. The van der Waals surface area contributed by atoms with Crippen molar-refractivity contribution >= 4 is 11.8 Å². The van der Waals surface area contributed by atoms with Crippen molar-refractivity contribution in [2.45, 2.75) is 81.5 Å². The second kappa shape index (κ2) is 8.21. The van der Waals surface area contributed by atoms with Gasteiger partial charge in [0.25, 0.3) is 0 Å². The van der Waals surface area contributed by atoms with E-state index >= 15 is 0 Å². The normalized spacial score (nSPS) is 24.9. The summed E-state index contributed by atoms with van der Waals surface area (Å²) in [6.45, 7) is 6.31. The lowest BCUT2D eigenvalue weighted by Crippen LogP contribution is -2.43. The third kappa shape index (κ3) is 6.01. The van der Waals surface area contributed by atoms with Crippen LogP contribution >= 0.6 is 11.8 Å². The Kier molecular flexibility index (Phi) is 6.59. The Labute approximate surface area is 133 Å². The van der Waals surface area contributed by atoms with Gasteiger partial charge in [0.1, 0.15) is 5.44 Å². The van der Waals surface area contributed by atoms with Gasteiger partial charge in [0.15, 0.2) is 5.79 Å². The Hall–Kier alpha value is -0.510. The maximum Gasteiger partial charge on any atom is 0.164 e. The van der Waals surface area contributed by atoms with E-state index in [9.17, 15) is 0 Å². The molecule has 1 aliphatic heterocycles. The Bertz CT molecular complexity index is 405. The zero-order valence-corrected chi connectivity index (χ0v) is 14.3. The molecular formula is C18H28O2S. The molecule has 0 N–H and O–H groups in total. The molecule has 1 fully saturated rings. The third-order valence-corrected chi connectivity index (χ3v) is 4.81. The van der Waals surface area contributed by atoms with E-state index in [2.05, 4.69) is 37.3 Å². The van der Waals surface area contributed by atoms with E-state index in [4.69, 9.17) is 9.47 Å². The third-order valence-electron chi connectivity index (χ3n) is 3.71. The average Bonchev–Trinajstić information content (AvgIpc) is 2.43. The van der Waals surface area contributed by atoms with Gasteiger partial charge >= 0.3 is 0 Å². The minimum Gasteiger partial charge on any atom is -0.347 e. The minimum absolute atomic E-state index is 0.187. The van der Waals surface area contributed by atoms with Gasteiger partial charge in [-0.05, 0) is 32.4 Å². The Morgan fingerprint density at radius 3 is 2.57 bits per heavy atom. The molecule has 118 valence electrons. The Morgan fingerprint density at radius 2 is 1.86 bits per heavy atom. The SMILES string of the molecule is CCCCCCC1CC(Sc2ccccc2)OC(C)(C)O1. The van der Waals surface area contributed by atoms with Gasteiger partial charge in [0, 0.05) is 11.3 Å². The van der Waals surface area contributed by atoms with E-state index in [1.807, 2.05) is 25.6 Å². The number of ether oxygens (including phenoxy) is 2. The number of rotatable bonds is 7. The molecule has 3 heteroatoms. The van der Waals surface area contributed by atoms with Gasteiger partial charge < -0.3 is 9.47 Å². The molecule has 2 rings (SSSR count). The number of hydrogen-bond donors (Lipinski definition) is 0. The molecule has 0 radical (unpaired) electrons. The fourth-order valence-corrected chi connectivity index (χ4v) is 3.96. The molecule has 1 aromatic carbocycles. The number of hydrogen-bond acceptors (Lipinski definition) is 3. The van der Waals surface area contributed by atoms with Crippen LogP contribution in [0.5, 0.6) is 0 Å². The largest absolute Gasteiger partial charge is 0.347 e. The van der Waals surface area contributed by atoms with Gasteiger partial charge in [-0.2, -0.15) is 0 Å². The lowest BCUT2D eigenvalue weighted by atomic mass is 10.1. The molecular weight excluding hydrogens is 280 g/mol. The van der Waals surface area contributed by atoms with Crippen molar-refractivity contribution in [1.82, 2.24) is 0 Å². The van der Waals surface area contributed by atoms with Crippen molar-refractivity contribution in [1.29, 1.82) is 0 Å². The average molecular weight is 308 g/mol. The van der Waals surface area contributed by atoms with Crippen molar-refractivity contribution in [3.63, 3.8) is 0 Å². The van der Waals surface area contributed by atoms with Crippen LogP contribution in [-0.2, 0) is 9.47 Å². The number of unbranched alkanes of at least 4 members (excludes halogenated alkanes) is 3. The van der Waals surface area contributed by atoms with Crippen LogP contribution < -0.4 is 0 Å². The summed E-state index contributed by atoms with van der Waals surface area (Å²) in [5, 5.41) is 0. The van der Waals surface area contributed by atoms with Gasteiger partial charge in [0.2, 0.25) is 0 Å². The second-order valence-electron chi connectivity index (χ2n) is 6.20. The monoisotopic (exact) mass is 308 g/mol. The summed E-state index contributed by atoms with van der Waals surface area (Å²) in [5.74, 6) is -0.472. The highest BCUT2D eigenvalue weighted by atomic mass is 32.2. The fourth-order valence-electron chi connectivity index (χ4n) is 2.76. The first kappa shape index (κ1) is 16.9. The lowest BCUT2D eigenvalue weighted by molar-refractivity contribution is -0.282. The first-order chi connectivity index (χ1) is 10.1. The molecule has 0 saturated carbocycles. The Morgan fingerprint density at radius 1 is 1.10 bits per heavy atom. The van der Waals surface area contributed by atoms with E-state index in [0.717, 1.165) is 12.8 Å². The molecule has 2 atom stereocenters. The summed E-state index contributed by atoms with van der Waals surface area (Å²) >= 11 is 1.81. The van der Waals surface area contributed by atoms with Gasteiger partial charge in [-0.1, -0.05) is 62.6 Å². The highest BCUT2D eigenvalue weighted by Gasteiger charge is 2.35. The van der Waals surface area contributed by atoms with Crippen LogP contribution in [0, 0.1) is 0 Å². The molecule has 0 bridgehead atoms. The van der Waals surface area contributed by atoms with Gasteiger partial charge in [-0.15, -0.1) is 0 Å². The van der Waals surface area contributed by atoms with E-state index in [1.165, 1.54) is 30.6 Å². The summed E-state index contributed by atoms with van der Waals surface area (Å²) in [6, 6.07) is 10.5. The molecule has 1 saturated heterocycles. The van der Waals surface area contributed by atoms with Crippen LogP contribution in [0.15, 0.2) is 35.2 Å². The predicted molar refractivity (Wildman–Crippen MR) is 89.5 cm³/mol. The van der Waals surface area contributed by atoms with E-state index in [-0.39, 0.29) is 5.44 Å². The molecule has 1 heterocycles. The zero-order chi connectivity index (χ0) is 15.1. The zero-order valence-electron chi connectivity index (χ0n) is 13.5. The summed E-state index contributed by atoms with van der Waals surface area (Å²) in [7, 11) is 0.